The molecule has 1 aromatic heterocycles. The van der Waals surface area contributed by atoms with Crippen molar-refractivity contribution in [2.45, 2.75) is 66.0 Å². The molecule has 0 aliphatic rings. The minimum atomic E-state index is 0.641. The van der Waals surface area contributed by atoms with E-state index < -0.39 is 0 Å². The summed E-state index contributed by atoms with van der Waals surface area (Å²) in [6.07, 6.45) is 8.23. The van der Waals surface area contributed by atoms with Crippen molar-refractivity contribution in [3.05, 3.63) is 12.2 Å². The van der Waals surface area contributed by atoms with E-state index in [1.165, 1.54) is 32.1 Å². The van der Waals surface area contributed by atoms with Crippen molar-refractivity contribution in [2.24, 2.45) is 10.9 Å². The number of hydrogen-bond acceptors (Lipinski definition) is 3. The Bertz CT molecular complexity index is 424. The van der Waals surface area contributed by atoms with E-state index in [4.69, 9.17) is 0 Å². The van der Waals surface area contributed by atoms with Crippen LogP contribution in [0.3, 0.4) is 0 Å². The van der Waals surface area contributed by atoms with Crippen LogP contribution in [-0.4, -0.2) is 34.3 Å². The summed E-state index contributed by atoms with van der Waals surface area (Å²) in [7, 11) is 1.79. The first-order valence-corrected chi connectivity index (χ1v) is 8.48. The van der Waals surface area contributed by atoms with Gasteiger partial charge in [-0.1, -0.05) is 39.5 Å². The predicted molar refractivity (Wildman–Crippen MR) is 91.8 cm³/mol. The fourth-order valence-corrected chi connectivity index (χ4v) is 2.30. The van der Waals surface area contributed by atoms with Crippen LogP contribution in [-0.2, 0) is 13.1 Å². The first kappa shape index (κ1) is 18.5. The maximum absolute atomic E-state index is 4.24. The lowest BCUT2D eigenvalue weighted by atomic mass is 10.0. The number of aliphatic imine (C=N–C) groups is 1. The van der Waals surface area contributed by atoms with Crippen molar-refractivity contribution in [3.63, 3.8) is 0 Å². The molecule has 0 amide bonds. The van der Waals surface area contributed by atoms with Crippen LogP contribution in [0.2, 0.25) is 0 Å². The van der Waals surface area contributed by atoms with Gasteiger partial charge < -0.3 is 15.2 Å². The third-order valence-electron chi connectivity index (χ3n) is 3.67. The highest BCUT2D eigenvalue weighted by molar-refractivity contribution is 5.79. The highest BCUT2D eigenvalue weighted by Crippen LogP contribution is 2.08. The molecule has 0 saturated carbocycles. The Labute approximate surface area is 134 Å². The van der Waals surface area contributed by atoms with E-state index in [2.05, 4.69) is 46.6 Å². The molecule has 0 bridgehead atoms. The highest BCUT2D eigenvalue weighted by atomic mass is 15.3. The second kappa shape index (κ2) is 11.0. The third-order valence-corrected chi connectivity index (χ3v) is 3.67. The van der Waals surface area contributed by atoms with Crippen molar-refractivity contribution >= 4 is 5.96 Å². The molecule has 0 saturated heterocycles. The SMILES string of the molecule is CCn1cnnc1CNC(=NC)NCCCCCCC(C)C. The zero-order valence-electron chi connectivity index (χ0n) is 14.6. The van der Waals surface area contributed by atoms with Gasteiger partial charge in [-0.3, -0.25) is 4.99 Å². The minimum Gasteiger partial charge on any atom is -0.356 e. The molecule has 0 aliphatic heterocycles. The largest absolute Gasteiger partial charge is 0.356 e. The number of hydrogen-bond donors (Lipinski definition) is 2. The van der Waals surface area contributed by atoms with E-state index in [-0.39, 0.29) is 0 Å². The summed E-state index contributed by atoms with van der Waals surface area (Å²) >= 11 is 0. The van der Waals surface area contributed by atoms with Crippen LogP contribution in [0.5, 0.6) is 0 Å². The van der Waals surface area contributed by atoms with Gasteiger partial charge in [0.05, 0.1) is 6.54 Å². The Balaban J connectivity index is 2.13. The summed E-state index contributed by atoms with van der Waals surface area (Å²) in [5.41, 5.74) is 0. The van der Waals surface area contributed by atoms with Gasteiger partial charge in [-0.15, -0.1) is 10.2 Å². The monoisotopic (exact) mass is 308 g/mol. The molecule has 0 aromatic carbocycles. The first-order valence-electron chi connectivity index (χ1n) is 8.48. The predicted octanol–water partition coefficient (Wildman–Crippen LogP) is 2.57. The van der Waals surface area contributed by atoms with Crippen molar-refractivity contribution in [2.75, 3.05) is 13.6 Å². The third kappa shape index (κ3) is 7.43. The Hall–Kier alpha value is -1.59. The van der Waals surface area contributed by atoms with Gasteiger partial charge >= 0.3 is 0 Å². The van der Waals surface area contributed by atoms with Gasteiger partial charge in [0.25, 0.3) is 0 Å². The Morgan fingerprint density at radius 1 is 1.23 bits per heavy atom. The number of rotatable bonds is 10. The van der Waals surface area contributed by atoms with E-state index in [1.807, 2.05) is 4.57 Å². The Kier molecular flexibility index (Phi) is 9.26. The van der Waals surface area contributed by atoms with Gasteiger partial charge in [0.2, 0.25) is 0 Å². The fraction of sp³-hybridized carbons (Fsp3) is 0.812. The van der Waals surface area contributed by atoms with Gasteiger partial charge in [-0.25, -0.2) is 0 Å². The minimum absolute atomic E-state index is 0.641. The van der Waals surface area contributed by atoms with Gasteiger partial charge in [-0.2, -0.15) is 0 Å². The molecule has 0 unspecified atom stereocenters. The van der Waals surface area contributed by atoms with Gasteiger partial charge in [0.15, 0.2) is 11.8 Å². The summed E-state index contributed by atoms with van der Waals surface area (Å²) in [5.74, 6) is 2.58. The van der Waals surface area contributed by atoms with Crippen LogP contribution in [0.15, 0.2) is 11.3 Å². The molecule has 1 aromatic rings. The fourth-order valence-electron chi connectivity index (χ4n) is 2.30. The molecule has 0 radical (unpaired) electrons. The smallest absolute Gasteiger partial charge is 0.191 e. The lowest BCUT2D eigenvalue weighted by Crippen LogP contribution is -2.37. The second-order valence-electron chi connectivity index (χ2n) is 5.98. The zero-order valence-corrected chi connectivity index (χ0v) is 14.6. The number of aryl methyl sites for hydroxylation is 1. The summed E-state index contributed by atoms with van der Waals surface area (Å²) in [6, 6.07) is 0. The molecule has 1 heterocycles. The van der Waals surface area contributed by atoms with E-state index in [0.29, 0.717) is 6.54 Å². The van der Waals surface area contributed by atoms with Crippen molar-refractivity contribution < 1.29 is 0 Å². The number of unbranched alkanes of at least 4 members (excludes halogenated alkanes) is 3. The van der Waals surface area contributed by atoms with Crippen LogP contribution in [0.25, 0.3) is 0 Å². The molecule has 0 aliphatic carbocycles. The normalized spacial score (nSPS) is 12.0. The van der Waals surface area contributed by atoms with Crippen LogP contribution in [0, 0.1) is 5.92 Å². The average Bonchev–Trinajstić information content (AvgIpc) is 2.96. The lowest BCUT2D eigenvalue weighted by Gasteiger charge is -2.12. The molecular weight excluding hydrogens is 276 g/mol. The molecule has 2 N–H and O–H groups in total. The highest BCUT2D eigenvalue weighted by Gasteiger charge is 2.03. The molecule has 6 nitrogen and oxygen atoms in total. The summed E-state index contributed by atoms with van der Waals surface area (Å²) in [5, 5.41) is 14.7. The molecule has 126 valence electrons. The molecule has 0 atom stereocenters. The number of guanidine groups is 1. The molecule has 0 spiro atoms. The van der Waals surface area contributed by atoms with Crippen molar-refractivity contribution in [1.29, 1.82) is 0 Å². The van der Waals surface area contributed by atoms with Crippen molar-refractivity contribution in [3.8, 4) is 0 Å². The quantitative estimate of drug-likeness (QED) is 0.396. The molecule has 6 heteroatoms. The standard InChI is InChI=1S/C16H32N6/c1-5-22-13-20-21-15(22)12-19-16(17-4)18-11-9-7-6-8-10-14(2)3/h13-14H,5-12H2,1-4H3,(H2,17,18,19). The number of nitrogens with one attached hydrogen (secondary N) is 2. The maximum atomic E-state index is 4.24. The topological polar surface area (TPSA) is 67.1 Å². The van der Waals surface area contributed by atoms with E-state index in [1.54, 1.807) is 13.4 Å². The van der Waals surface area contributed by atoms with Gasteiger partial charge in [-0.05, 0) is 19.3 Å². The molecular formula is C16H32N6. The Morgan fingerprint density at radius 2 is 2.00 bits per heavy atom. The molecule has 1 rings (SSSR count). The number of nitrogens with zero attached hydrogens (tertiary/aromatic N) is 4. The zero-order chi connectivity index (χ0) is 16.2. The van der Waals surface area contributed by atoms with E-state index >= 15 is 0 Å². The molecule has 0 fully saturated rings. The number of aromatic nitrogens is 3. The lowest BCUT2D eigenvalue weighted by molar-refractivity contribution is 0.518. The summed E-state index contributed by atoms with van der Waals surface area (Å²) < 4.78 is 2.02. The summed E-state index contributed by atoms with van der Waals surface area (Å²) in [6.45, 7) is 9.14. The van der Waals surface area contributed by atoms with Gasteiger partial charge in [0.1, 0.15) is 6.33 Å². The van der Waals surface area contributed by atoms with Crippen LogP contribution in [0.4, 0.5) is 0 Å². The van der Waals surface area contributed by atoms with E-state index in [0.717, 1.165) is 30.8 Å². The van der Waals surface area contributed by atoms with E-state index in [9.17, 15) is 0 Å². The van der Waals surface area contributed by atoms with Crippen LogP contribution in [0.1, 0.15) is 58.7 Å². The second-order valence-corrected chi connectivity index (χ2v) is 5.98. The average molecular weight is 308 g/mol. The molecule has 22 heavy (non-hydrogen) atoms. The summed E-state index contributed by atoms with van der Waals surface area (Å²) in [4.78, 5) is 4.24. The van der Waals surface area contributed by atoms with Crippen LogP contribution >= 0.6 is 0 Å². The van der Waals surface area contributed by atoms with Crippen molar-refractivity contribution in [1.82, 2.24) is 25.4 Å². The van der Waals surface area contributed by atoms with Crippen LogP contribution < -0.4 is 10.6 Å². The first-order chi connectivity index (χ1) is 10.7. The van der Waals surface area contributed by atoms with Gasteiger partial charge in [0, 0.05) is 20.1 Å². The Morgan fingerprint density at radius 3 is 2.68 bits per heavy atom. The maximum Gasteiger partial charge on any atom is 0.191 e.